The Morgan fingerprint density at radius 1 is 1.37 bits per heavy atom. The van der Waals surface area contributed by atoms with Gasteiger partial charge in [0.25, 0.3) is 0 Å². The minimum absolute atomic E-state index is 0.0667. The molecular formula is C17H28O2. The van der Waals surface area contributed by atoms with E-state index in [4.69, 9.17) is 4.74 Å². The molecule has 0 amide bonds. The van der Waals surface area contributed by atoms with Gasteiger partial charge < -0.3 is 4.74 Å². The fourth-order valence-corrected chi connectivity index (χ4v) is 4.78. The molecule has 0 bridgehead atoms. The number of fused-ring (bicyclic) bond motifs is 1. The fraction of sp³-hybridized carbons (Fsp3) is 0.824. The number of carbonyl (C=O) groups excluding carboxylic acids is 1. The Kier molecular flexibility index (Phi) is 3.81. The zero-order valence-electron chi connectivity index (χ0n) is 13.1. The molecule has 0 aromatic heterocycles. The average Bonchev–Trinajstić information content (AvgIpc) is 2.32. The minimum atomic E-state index is -0.0667. The van der Waals surface area contributed by atoms with Crippen LogP contribution >= 0.6 is 0 Å². The quantitative estimate of drug-likeness (QED) is 0.547. The molecule has 19 heavy (non-hydrogen) atoms. The summed E-state index contributed by atoms with van der Waals surface area (Å²) in [5, 5.41) is 0. The van der Waals surface area contributed by atoms with Crippen molar-refractivity contribution >= 4 is 5.97 Å². The number of hydrogen-bond donors (Lipinski definition) is 0. The van der Waals surface area contributed by atoms with E-state index in [9.17, 15) is 4.79 Å². The molecule has 2 heteroatoms. The van der Waals surface area contributed by atoms with Crippen molar-refractivity contribution in [2.24, 2.45) is 22.7 Å². The Labute approximate surface area is 117 Å². The summed E-state index contributed by atoms with van der Waals surface area (Å²) >= 11 is 0. The number of carbonyl (C=O) groups is 1. The lowest BCUT2D eigenvalue weighted by Gasteiger charge is -2.56. The van der Waals surface area contributed by atoms with Crippen LogP contribution in [0.5, 0.6) is 0 Å². The highest BCUT2D eigenvalue weighted by Gasteiger charge is 2.52. The number of hydrogen-bond acceptors (Lipinski definition) is 2. The van der Waals surface area contributed by atoms with Crippen molar-refractivity contribution in [1.29, 1.82) is 0 Å². The first-order valence-electron chi connectivity index (χ1n) is 7.55. The van der Waals surface area contributed by atoms with Crippen molar-refractivity contribution in [1.82, 2.24) is 0 Å². The van der Waals surface area contributed by atoms with E-state index < -0.39 is 0 Å². The Morgan fingerprint density at radius 2 is 2.05 bits per heavy atom. The summed E-state index contributed by atoms with van der Waals surface area (Å²) in [7, 11) is 1.49. The zero-order valence-corrected chi connectivity index (χ0v) is 13.1. The minimum Gasteiger partial charge on any atom is -0.469 e. The fourth-order valence-electron chi connectivity index (χ4n) is 4.78. The molecule has 1 fully saturated rings. The second-order valence-electron chi connectivity index (χ2n) is 7.42. The van der Waals surface area contributed by atoms with Gasteiger partial charge in [-0.1, -0.05) is 38.8 Å². The van der Waals surface area contributed by atoms with Crippen LogP contribution in [-0.2, 0) is 9.53 Å². The van der Waals surface area contributed by atoms with Crippen LogP contribution in [0.4, 0.5) is 0 Å². The average molecular weight is 264 g/mol. The summed E-state index contributed by atoms with van der Waals surface area (Å²) in [4.78, 5) is 11.8. The van der Waals surface area contributed by atoms with Gasteiger partial charge in [-0.2, -0.15) is 0 Å². The summed E-state index contributed by atoms with van der Waals surface area (Å²) < 4.78 is 4.91. The zero-order chi connectivity index (χ0) is 14.3. The SMILES string of the molecule is COC(=O)CC1C(C)=CC[C@@H]2C(C)(C)CCC[C@@]12C. The van der Waals surface area contributed by atoms with Crippen molar-refractivity contribution in [3.05, 3.63) is 11.6 Å². The van der Waals surface area contributed by atoms with Crippen LogP contribution < -0.4 is 0 Å². The summed E-state index contributed by atoms with van der Waals surface area (Å²) in [6.07, 6.45) is 7.92. The number of ether oxygens (including phenoxy) is 1. The molecule has 3 atom stereocenters. The van der Waals surface area contributed by atoms with Gasteiger partial charge in [0.1, 0.15) is 0 Å². The Morgan fingerprint density at radius 3 is 2.68 bits per heavy atom. The van der Waals surface area contributed by atoms with Crippen molar-refractivity contribution in [2.75, 3.05) is 7.11 Å². The Hall–Kier alpha value is -0.790. The number of allylic oxidation sites excluding steroid dienone is 2. The topological polar surface area (TPSA) is 26.3 Å². The van der Waals surface area contributed by atoms with E-state index in [2.05, 4.69) is 33.8 Å². The molecule has 0 radical (unpaired) electrons. The standard InChI is InChI=1S/C17H28O2/c1-12-7-8-14-16(2,3)9-6-10-17(14,4)13(12)11-15(18)19-5/h7,13-14H,6,8-11H2,1-5H3/t13?,14-,17+/m1/s1. The van der Waals surface area contributed by atoms with Gasteiger partial charge in [0.2, 0.25) is 0 Å². The third-order valence-electron chi connectivity index (χ3n) is 5.90. The maximum Gasteiger partial charge on any atom is 0.306 e. The van der Waals surface area contributed by atoms with Crippen molar-refractivity contribution in [3.8, 4) is 0 Å². The third kappa shape index (κ3) is 2.46. The molecule has 2 aliphatic rings. The lowest BCUT2D eigenvalue weighted by Crippen LogP contribution is -2.49. The molecule has 1 unspecified atom stereocenters. The smallest absolute Gasteiger partial charge is 0.306 e. The molecule has 0 aliphatic heterocycles. The number of methoxy groups -OCH3 is 1. The maximum absolute atomic E-state index is 11.8. The lowest BCUT2D eigenvalue weighted by atomic mass is 9.48. The van der Waals surface area contributed by atoms with E-state index in [0.717, 1.165) is 0 Å². The molecule has 0 aromatic carbocycles. The van der Waals surface area contributed by atoms with E-state index in [1.807, 2.05) is 0 Å². The first kappa shape index (κ1) is 14.6. The second-order valence-corrected chi connectivity index (χ2v) is 7.42. The van der Waals surface area contributed by atoms with E-state index in [1.165, 1.54) is 38.4 Å². The van der Waals surface area contributed by atoms with Crippen LogP contribution in [0.15, 0.2) is 11.6 Å². The van der Waals surface area contributed by atoms with Crippen LogP contribution in [0.2, 0.25) is 0 Å². The largest absolute Gasteiger partial charge is 0.469 e. The van der Waals surface area contributed by atoms with E-state index in [1.54, 1.807) is 0 Å². The van der Waals surface area contributed by atoms with Crippen LogP contribution in [0.3, 0.4) is 0 Å². The molecule has 0 spiro atoms. The molecule has 2 aliphatic carbocycles. The molecule has 2 nitrogen and oxygen atoms in total. The molecular weight excluding hydrogens is 236 g/mol. The van der Waals surface area contributed by atoms with Crippen LogP contribution in [0.25, 0.3) is 0 Å². The van der Waals surface area contributed by atoms with Gasteiger partial charge in [-0.05, 0) is 48.9 Å². The van der Waals surface area contributed by atoms with Crippen molar-refractivity contribution in [3.63, 3.8) is 0 Å². The molecule has 0 saturated heterocycles. The van der Waals surface area contributed by atoms with Gasteiger partial charge in [0, 0.05) is 0 Å². The predicted molar refractivity (Wildman–Crippen MR) is 77.7 cm³/mol. The second kappa shape index (κ2) is 4.96. The maximum atomic E-state index is 11.8. The normalized spacial score (nSPS) is 37.2. The Bertz CT molecular complexity index is 394. The first-order valence-corrected chi connectivity index (χ1v) is 7.55. The monoisotopic (exact) mass is 264 g/mol. The molecule has 0 heterocycles. The van der Waals surface area contributed by atoms with Gasteiger partial charge in [-0.3, -0.25) is 4.79 Å². The van der Waals surface area contributed by atoms with Gasteiger partial charge >= 0.3 is 5.97 Å². The predicted octanol–water partition coefficient (Wildman–Crippen LogP) is 4.35. The van der Waals surface area contributed by atoms with Crippen LogP contribution in [0.1, 0.15) is 59.8 Å². The Balaban J connectivity index is 2.33. The van der Waals surface area contributed by atoms with Crippen LogP contribution in [-0.4, -0.2) is 13.1 Å². The number of esters is 1. The van der Waals surface area contributed by atoms with Gasteiger partial charge in [-0.15, -0.1) is 0 Å². The third-order valence-corrected chi connectivity index (χ3v) is 5.90. The summed E-state index contributed by atoms with van der Waals surface area (Å²) in [5.74, 6) is 0.980. The highest BCUT2D eigenvalue weighted by Crippen LogP contribution is 2.60. The summed E-state index contributed by atoms with van der Waals surface area (Å²) in [5.41, 5.74) is 2.04. The van der Waals surface area contributed by atoms with E-state index in [-0.39, 0.29) is 11.4 Å². The molecule has 0 aromatic rings. The summed E-state index contributed by atoms with van der Waals surface area (Å²) in [6, 6.07) is 0. The molecule has 108 valence electrons. The summed E-state index contributed by atoms with van der Waals surface area (Å²) in [6.45, 7) is 9.40. The first-order chi connectivity index (χ1) is 8.81. The van der Waals surface area contributed by atoms with Crippen LogP contribution in [0, 0.1) is 22.7 Å². The van der Waals surface area contributed by atoms with Gasteiger partial charge in [-0.25, -0.2) is 0 Å². The highest BCUT2D eigenvalue weighted by molar-refractivity contribution is 5.70. The van der Waals surface area contributed by atoms with Crippen molar-refractivity contribution in [2.45, 2.75) is 59.8 Å². The van der Waals surface area contributed by atoms with Gasteiger partial charge in [0.15, 0.2) is 0 Å². The van der Waals surface area contributed by atoms with E-state index in [0.29, 0.717) is 23.7 Å². The number of rotatable bonds is 2. The van der Waals surface area contributed by atoms with Gasteiger partial charge in [0.05, 0.1) is 13.5 Å². The molecule has 1 saturated carbocycles. The highest BCUT2D eigenvalue weighted by atomic mass is 16.5. The molecule has 0 N–H and O–H groups in total. The van der Waals surface area contributed by atoms with Crippen molar-refractivity contribution < 1.29 is 9.53 Å². The van der Waals surface area contributed by atoms with E-state index >= 15 is 0 Å². The lowest BCUT2D eigenvalue weighted by molar-refractivity contribution is -0.144. The molecule has 2 rings (SSSR count).